The maximum Gasteiger partial charge on any atom is 0.138 e. The van der Waals surface area contributed by atoms with Crippen molar-refractivity contribution in [2.24, 2.45) is 0 Å². The normalized spacial score (nSPS) is 8.90. The van der Waals surface area contributed by atoms with Gasteiger partial charge in [-0.1, -0.05) is 0 Å². The molecule has 0 amide bonds. The van der Waals surface area contributed by atoms with Crippen LogP contribution in [0, 0.1) is 17.1 Å². The van der Waals surface area contributed by atoms with Gasteiger partial charge in [-0.05, 0) is 34.1 Å². The number of nitriles is 1. The summed E-state index contributed by atoms with van der Waals surface area (Å²) in [5.41, 5.74) is 0.334. The van der Waals surface area contributed by atoms with Crippen LogP contribution in [0.3, 0.4) is 0 Å². The number of rotatable bonds is 0. The molecule has 0 aliphatic rings. The summed E-state index contributed by atoms with van der Waals surface area (Å²) >= 11 is 2.97. The minimum atomic E-state index is -0.404. The Morgan fingerprint density at radius 3 is 2.70 bits per heavy atom. The van der Waals surface area contributed by atoms with Crippen molar-refractivity contribution in [1.29, 1.82) is 5.26 Å². The molecule has 1 aromatic rings. The topological polar surface area (TPSA) is 23.8 Å². The molecule has 0 radical (unpaired) electrons. The van der Waals surface area contributed by atoms with Crippen molar-refractivity contribution in [1.82, 2.24) is 0 Å². The van der Waals surface area contributed by atoms with E-state index in [2.05, 4.69) is 15.9 Å². The van der Waals surface area contributed by atoms with Gasteiger partial charge in [0.25, 0.3) is 0 Å². The molecule has 3 heteroatoms. The predicted octanol–water partition coefficient (Wildman–Crippen LogP) is 2.46. The molecule has 1 nitrogen and oxygen atoms in total. The van der Waals surface area contributed by atoms with Crippen LogP contribution in [0.5, 0.6) is 0 Å². The van der Waals surface area contributed by atoms with Gasteiger partial charge in [0.05, 0.1) is 16.1 Å². The Bertz CT molecular complexity index is 290. The van der Waals surface area contributed by atoms with Gasteiger partial charge in [-0.15, -0.1) is 0 Å². The molecule has 50 valence electrons. The number of halogens is 2. The van der Waals surface area contributed by atoms with Gasteiger partial charge in [-0.25, -0.2) is 4.39 Å². The molecule has 0 unspecified atom stereocenters. The molecular formula is C7H3BrFN. The maximum absolute atomic E-state index is 12.6. The fraction of sp³-hybridized carbons (Fsp3) is 0. The Morgan fingerprint density at radius 2 is 2.20 bits per heavy atom. The van der Waals surface area contributed by atoms with Gasteiger partial charge in [0.1, 0.15) is 5.82 Å². The quantitative estimate of drug-likeness (QED) is 0.630. The average molecular weight is 200 g/mol. The van der Waals surface area contributed by atoms with Gasteiger partial charge in [-0.2, -0.15) is 5.26 Å². The van der Waals surface area contributed by atoms with Gasteiger partial charge in [0, 0.05) is 0 Å². The van der Waals surface area contributed by atoms with E-state index >= 15 is 0 Å². The highest BCUT2D eigenvalue weighted by Crippen LogP contribution is 2.15. The van der Waals surface area contributed by atoms with E-state index in [4.69, 9.17) is 5.26 Å². The molecule has 0 atom stereocenters. The van der Waals surface area contributed by atoms with Gasteiger partial charge in [0.2, 0.25) is 0 Å². The Hall–Kier alpha value is -0.880. The number of hydrogen-bond acceptors (Lipinski definition) is 1. The highest BCUT2D eigenvalue weighted by Gasteiger charge is 1.97. The summed E-state index contributed by atoms with van der Waals surface area (Å²) in [5.74, 6) is -0.404. The van der Waals surface area contributed by atoms with Gasteiger partial charge in [0.15, 0.2) is 0 Å². The molecule has 1 aromatic carbocycles. The van der Waals surface area contributed by atoms with Crippen LogP contribution in [0.4, 0.5) is 4.39 Å². The van der Waals surface area contributed by atoms with Crippen LogP contribution < -0.4 is 0 Å². The highest BCUT2D eigenvalue weighted by molar-refractivity contribution is 9.10. The fourth-order valence-corrected chi connectivity index (χ4v) is 0.812. The van der Waals surface area contributed by atoms with Crippen molar-refractivity contribution in [3.63, 3.8) is 0 Å². The van der Waals surface area contributed by atoms with Crippen LogP contribution in [0.25, 0.3) is 0 Å². The van der Waals surface area contributed by atoms with Crippen molar-refractivity contribution >= 4 is 15.9 Å². The Morgan fingerprint density at radius 1 is 1.50 bits per heavy atom. The second-order valence-electron chi connectivity index (χ2n) is 1.74. The monoisotopic (exact) mass is 199 g/mol. The molecule has 0 bridgehead atoms. The lowest BCUT2D eigenvalue weighted by Crippen LogP contribution is -1.78. The molecule has 1 rings (SSSR count). The van der Waals surface area contributed by atoms with E-state index in [1.807, 2.05) is 6.07 Å². The standard InChI is InChI=1S/C7H3BrFN/c8-6-2-1-5(4-10)3-7(6)9/h1-3H. The van der Waals surface area contributed by atoms with E-state index < -0.39 is 5.82 Å². The second-order valence-corrected chi connectivity index (χ2v) is 2.60. The summed E-state index contributed by atoms with van der Waals surface area (Å²) < 4.78 is 12.9. The number of benzene rings is 1. The summed E-state index contributed by atoms with van der Waals surface area (Å²) in [6.07, 6.45) is 0. The largest absolute Gasteiger partial charge is 0.206 e. The van der Waals surface area contributed by atoms with E-state index in [1.165, 1.54) is 12.1 Å². The van der Waals surface area contributed by atoms with Gasteiger partial charge < -0.3 is 0 Å². The van der Waals surface area contributed by atoms with Crippen molar-refractivity contribution in [3.05, 3.63) is 34.1 Å². The molecule has 0 aliphatic carbocycles. The maximum atomic E-state index is 12.6. The van der Waals surface area contributed by atoms with E-state index in [1.54, 1.807) is 6.07 Å². The lowest BCUT2D eigenvalue weighted by atomic mass is 10.2. The lowest BCUT2D eigenvalue weighted by Gasteiger charge is -1.91. The third-order valence-corrected chi connectivity index (χ3v) is 1.69. The Labute approximate surface area is 66.2 Å². The Kier molecular flexibility index (Phi) is 2.03. The van der Waals surface area contributed by atoms with Crippen LogP contribution in [-0.2, 0) is 0 Å². The first kappa shape index (κ1) is 7.23. The van der Waals surface area contributed by atoms with Gasteiger partial charge >= 0.3 is 0 Å². The highest BCUT2D eigenvalue weighted by atomic mass is 79.9. The molecule has 0 saturated heterocycles. The molecule has 10 heavy (non-hydrogen) atoms. The summed E-state index contributed by atoms with van der Waals surface area (Å²) in [6, 6.07) is 6.08. The van der Waals surface area contributed by atoms with E-state index in [0.717, 1.165) is 0 Å². The van der Waals surface area contributed by atoms with Crippen LogP contribution in [0.15, 0.2) is 22.7 Å². The molecular weight excluding hydrogens is 197 g/mol. The minimum absolute atomic E-state index is 0.334. The fourth-order valence-electron chi connectivity index (χ4n) is 0.566. The zero-order chi connectivity index (χ0) is 7.56. The molecule has 0 fully saturated rings. The van der Waals surface area contributed by atoms with E-state index in [-0.39, 0.29) is 0 Å². The lowest BCUT2D eigenvalue weighted by molar-refractivity contribution is 0.620. The van der Waals surface area contributed by atoms with E-state index in [0.29, 0.717) is 10.0 Å². The van der Waals surface area contributed by atoms with Crippen LogP contribution in [-0.4, -0.2) is 0 Å². The van der Waals surface area contributed by atoms with Gasteiger partial charge in [-0.3, -0.25) is 0 Å². The molecule has 0 N–H and O–H groups in total. The second kappa shape index (κ2) is 2.80. The van der Waals surface area contributed by atoms with E-state index in [9.17, 15) is 4.39 Å². The van der Waals surface area contributed by atoms with Crippen LogP contribution >= 0.6 is 15.9 Å². The van der Waals surface area contributed by atoms with Crippen LogP contribution in [0.2, 0.25) is 0 Å². The first-order chi connectivity index (χ1) is 4.74. The van der Waals surface area contributed by atoms with Crippen LogP contribution in [0.1, 0.15) is 5.56 Å². The summed E-state index contributed by atoms with van der Waals surface area (Å²) in [6.45, 7) is 0. The van der Waals surface area contributed by atoms with Crippen molar-refractivity contribution in [2.45, 2.75) is 0 Å². The van der Waals surface area contributed by atoms with Crippen molar-refractivity contribution < 1.29 is 4.39 Å². The summed E-state index contributed by atoms with van der Waals surface area (Å²) in [5, 5.41) is 8.32. The molecule has 0 saturated carbocycles. The molecule has 0 spiro atoms. The SMILES string of the molecule is N#Cc1ccc(Br)c(F)c1. The molecule has 0 aliphatic heterocycles. The zero-order valence-corrected chi connectivity index (χ0v) is 6.52. The number of nitrogens with zero attached hydrogens (tertiary/aromatic N) is 1. The predicted molar refractivity (Wildman–Crippen MR) is 38.8 cm³/mol. The third kappa shape index (κ3) is 1.34. The first-order valence-corrected chi connectivity index (χ1v) is 3.38. The number of hydrogen-bond donors (Lipinski definition) is 0. The zero-order valence-electron chi connectivity index (χ0n) is 4.94. The Balaban J connectivity index is 3.20. The average Bonchev–Trinajstić information content (AvgIpc) is 1.95. The molecule has 0 heterocycles. The summed E-state index contributed by atoms with van der Waals surface area (Å²) in [7, 11) is 0. The third-order valence-electron chi connectivity index (χ3n) is 1.05. The first-order valence-electron chi connectivity index (χ1n) is 2.59. The molecule has 0 aromatic heterocycles. The smallest absolute Gasteiger partial charge is 0.138 e. The minimum Gasteiger partial charge on any atom is -0.206 e. The van der Waals surface area contributed by atoms with Crippen molar-refractivity contribution in [2.75, 3.05) is 0 Å². The summed E-state index contributed by atoms with van der Waals surface area (Å²) in [4.78, 5) is 0. The van der Waals surface area contributed by atoms with Crippen molar-refractivity contribution in [3.8, 4) is 6.07 Å².